The van der Waals surface area contributed by atoms with E-state index in [1.165, 1.54) is 50.3 Å². The molecular formula is C21H21ClFN3O6S. The molecule has 3 aromatic rings. The van der Waals surface area contributed by atoms with E-state index in [4.69, 9.17) is 20.8 Å². The van der Waals surface area contributed by atoms with Gasteiger partial charge < -0.3 is 14.1 Å². The van der Waals surface area contributed by atoms with Crippen LogP contribution >= 0.6 is 11.6 Å². The van der Waals surface area contributed by atoms with Crippen molar-refractivity contribution in [3.05, 3.63) is 68.5 Å². The summed E-state index contributed by atoms with van der Waals surface area (Å²) in [6.07, 6.45) is -0.698. The Hall–Kier alpha value is -3.15. The summed E-state index contributed by atoms with van der Waals surface area (Å²) in [4.78, 5) is 25.7. The molecule has 1 amide bonds. The Balaban J connectivity index is 2.03. The fourth-order valence-corrected chi connectivity index (χ4v) is 3.79. The number of anilines is 1. The number of nitrogens with one attached hydrogen (secondary N) is 2. The molecule has 0 saturated carbocycles. The molecule has 0 aliphatic heterocycles. The number of benzene rings is 2. The molecule has 1 aromatic heterocycles. The summed E-state index contributed by atoms with van der Waals surface area (Å²) in [6, 6.07) is 8.96. The van der Waals surface area contributed by atoms with Gasteiger partial charge in [0.25, 0.3) is 10.2 Å². The van der Waals surface area contributed by atoms with E-state index in [1.54, 1.807) is 12.1 Å². The second kappa shape index (κ2) is 9.77. The number of carbonyl (C=O) groups is 1. The van der Waals surface area contributed by atoms with Crippen LogP contribution in [0.4, 0.5) is 14.9 Å². The molecule has 12 heteroatoms. The molecule has 0 atom stereocenters. The van der Waals surface area contributed by atoms with E-state index >= 15 is 0 Å². The molecule has 176 valence electrons. The number of hydrogen-bond donors (Lipinski definition) is 2. The molecule has 3 rings (SSSR count). The second-order valence-corrected chi connectivity index (χ2v) is 9.23. The molecule has 2 N–H and O–H groups in total. The minimum atomic E-state index is -3.73. The van der Waals surface area contributed by atoms with Crippen molar-refractivity contribution in [3.8, 4) is 5.75 Å². The first-order chi connectivity index (χ1) is 15.5. The summed E-state index contributed by atoms with van der Waals surface area (Å²) < 4.78 is 52.5. The standard InChI is InChI=1S/C21H21ClFN3O6S/c1-24-33(29,30)25-13-6-4-5-12(7-13)8-15-16(11-23)14-9-17(22)19(32-21(28)26(2)3)10-18(14)31-20(15)27/h4-7,9-10,24-25H,8,11H2,1-3H3. The molecule has 0 saturated heterocycles. The summed E-state index contributed by atoms with van der Waals surface area (Å²) >= 11 is 6.22. The fourth-order valence-electron chi connectivity index (χ4n) is 3.05. The quantitative estimate of drug-likeness (QED) is 0.483. The first-order valence-electron chi connectivity index (χ1n) is 9.58. The Kier molecular flexibility index (Phi) is 7.25. The van der Waals surface area contributed by atoms with Gasteiger partial charge in [-0.3, -0.25) is 4.72 Å². The maximum absolute atomic E-state index is 14.1. The molecule has 1 heterocycles. The van der Waals surface area contributed by atoms with Crippen LogP contribution in [-0.2, 0) is 23.3 Å². The first kappa shape index (κ1) is 24.5. The highest BCUT2D eigenvalue weighted by atomic mass is 35.5. The third kappa shape index (κ3) is 5.62. The normalized spacial score (nSPS) is 11.4. The maximum atomic E-state index is 14.1. The highest BCUT2D eigenvalue weighted by molar-refractivity contribution is 7.90. The van der Waals surface area contributed by atoms with Crippen molar-refractivity contribution in [2.75, 3.05) is 25.9 Å². The molecule has 0 radical (unpaired) electrons. The van der Waals surface area contributed by atoms with Crippen molar-refractivity contribution in [2.45, 2.75) is 13.1 Å². The molecule has 33 heavy (non-hydrogen) atoms. The Morgan fingerprint density at radius 2 is 1.94 bits per heavy atom. The van der Waals surface area contributed by atoms with Crippen molar-refractivity contribution in [3.63, 3.8) is 0 Å². The predicted molar refractivity (Wildman–Crippen MR) is 123 cm³/mol. The van der Waals surface area contributed by atoms with Gasteiger partial charge in [-0.25, -0.2) is 18.7 Å². The van der Waals surface area contributed by atoms with Crippen molar-refractivity contribution < 1.29 is 26.8 Å². The summed E-state index contributed by atoms with van der Waals surface area (Å²) in [6.45, 7) is -0.976. The van der Waals surface area contributed by atoms with E-state index in [2.05, 4.69) is 9.44 Å². The van der Waals surface area contributed by atoms with Gasteiger partial charge in [0.1, 0.15) is 12.3 Å². The first-order valence-corrected chi connectivity index (χ1v) is 11.4. The van der Waals surface area contributed by atoms with Crippen LogP contribution in [0.5, 0.6) is 5.75 Å². The lowest BCUT2D eigenvalue weighted by atomic mass is 9.99. The van der Waals surface area contributed by atoms with Gasteiger partial charge in [-0.1, -0.05) is 23.7 Å². The van der Waals surface area contributed by atoms with Crippen LogP contribution in [0.15, 0.2) is 45.6 Å². The van der Waals surface area contributed by atoms with Crippen LogP contribution in [0.25, 0.3) is 11.0 Å². The second-order valence-electron chi connectivity index (χ2n) is 7.21. The number of rotatable bonds is 7. The van der Waals surface area contributed by atoms with Gasteiger partial charge in [-0.15, -0.1) is 0 Å². The number of carbonyl (C=O) groups excluding carboxylic acids is 1. The third-order valence-corrected chi connectivity index (χ3v) is 6.03. The number of fused-ring (bicyclic) bond motifs is 1. The molecule has 0 aliphatic rings. The van der Waals surface area contributed by atoms with Crippen molar-refractivity contribution in [1.29, 1.82) is 0 Å². The Labute approximate surface area is 194 Å². The average Bonchev–Trinajstić information content (AvgIpc) is 2.75. The summed E-state index contributed by atoms with van der Waals surface area (Å²) in [7, 11) is 0.512. The van der Waals surface area contributed by atoms with Crippen LogP contribution in [0.2, 0.25) is 5.02 Å². The predicted octanol–water partition coefficient (Wildman–Crippen LogP) is 3.44. The topological polar surface area (TPSA) is 118 Å². The number of ether oxygens (including phenoxy) is 1. The average molecular weight is 498 g/mol. The lowest BCUT2D eigenvalue weighted by Gasteiger charge is -2.14. The molecule has 0 spiro atoms. The number of nitrogens with zero attached hydrogens (tertiary/aromatic N) is 1. The minimum absolute atomic E-state index is 0.0119. The van der Waals surface area contributed by atoms with Crippen LogP contribution in [0, 0.1) is 0 Å². The summed E-state index contributed by atoms with van der Waals surface area (Å²) in [5.41, 5.74) is 0.198. The molecular weight excluding hydrogens is 477 g/mol. The highest BCUT2D eigenvalue weighted by Gasteiger charge is 2.19. The lowest BCUT2D eigenvalue weighted by molar-refractivity contribution is 0.172. The van der Waals surface area contributed by atoms with E-state index in [-0.39, 0.29) is 45.0 Å². The van der Waals surface area contributed by atoms with E-state index in [1.807, 2.05) is 0 Å². The highest BCUT2D eigenvalue weighted by Crippen LogP contribution is 2.33. The molecule has 0 unspecified atom stereocenters. The largest absolute Gasteiger partial charge is 0.422 e. The third-order valence-electron chi connectivity index (χ3n) is 4.70. The van der Waals surface area contributed by atoms with Crippen LogP contribution < -0.4 is 19.8 Å². The monoisotopic (exact) mass is 497 g/mol. The van der Waals surface area contributed by atoms with Crippen molar-refractivity contribution >= 4 is 44.6 Å². The molecule has 9 nitrogen and oxygen atoms in total. The van der Waals surface area contributed by atoms with Gasteiger partial charge in [0.05, 0.1) is 10.7 Å². The molecule has 0 aliphatic carbocycles. The number of amides is 1. The van der Waals surface area contributed by atoms with Crippen LogP contribution in [0.3, 0.4) is 0 Å². The van der Waals surface area contributed by atoms with Gasteiger partial charge in [0.15, 0.2) is 5.75 Å². The molecule has 0 bridgehead atoms. The van der Waals surface area contributed by atoms with E-state index < -0.39 is 28.6 Å². The van der Waals surface area contributed by atoms with Gasteiger partial charge in [0.2, 0.25) is 0 Å². The van der Waals surface area contributed by atoms with Gasteiger partial charge >= 0.3 is 11.7 Å². The van der Waals surface area contributed by atoms with Gasteiger partial charge in [0, 0.05) is 50.1 Å². The van der Waals surface area contributed by atoms with E-state index in [0.717, 1.165) is 0 Å². The smallest absolute Gasteiger partial charge is 0.414 e. The van der Waals surface area contributed by atoms with Gasteiger partial charge in [-0.05, 0) is 23.8 Å². The summed E-state index contributed by atoms with van der Waals surface area (Å²) in [5, 5.41) is 0.296. The van der Waals surface area contributed by atoms with Gasteiger partial charge in [-0.2, -0.15) is 8.42 Å². The maximum Gasteiger partial charge on any atom is 0.414 e. The number of halogens is 2. The van der Waals surface area contributed by atoms with Crippen molar-refractivity contribution in [1.82, 2.24) is 9.62 Å². The Morgan fingerprint density at radius 1 is 1.21 bits per heavy atom. The zero-order chi connectivity index (χ0) is 24.3. The number of hydrogen-bond acceptors (Lipinski definition) is 6. The molecule has 0 fully saturated rings. The fraction of sp³-hybridized carbons (Fsp3) is 0.238. The number of alkyl halides is 1. The van der Waals surface area contributed by atoms with E-state index in [9.17, 15) is 22.4 Å². The minimum Gasteiger partial charge on any atom is -0.422 e. The van der Waals surface area contributed by atoms with E-state index in [0.29, 0.717) is 5.56 Å². The Morgan fingerprint density at radius 3 is 2.58 bits per heavy atom. The SMILES string of the molecule is CNS(=O)(=O)Nc1cccc(Cc2c(CF)c3cc(Cl)c(OC(=O)N(C)C)cc3oc2=O)c1. The zero-order valence-electron chi connectivity index (χ0n) is 17.9. The Bertz CT molecular complexity index is 1370. The lowest BCUT2D eigenvalue weighted by Crippen LogP contribution is -2.26. The van der Waals surface area contributed by atoms with Crippen LogP contribution in [-0.4, -0.2) is 40.6 Å². The summed E-state index contributed by atoms with van der Waals surface area (Å²) in [5.74, 6) is -0.0342. The van der Waals surface area contributed by atoms with Crippen molar-refractivity contribution in [2.24, 2.45) is 0 Å². The zero-order valence-corrected chi connectivity index (χ0v) is 19.5. The van der Waals surface area contributed by atoms with Crippen LogP contribution in [0.1, 0.15) is 16.7 Å². The molecule has 2 aromatic carbocycles.